The molecule has 0 amide bonds. The van der Waals surface area contributed by atoms with Crippen molar-refractivity contribution >= 4 is 26.1 Å². The van der Waals surface area contributed by atoms with Crippen LogP contribution < -0.4 is 0 Å². The molecule has 1 aliphatic rings. The Hall–Kier alpha value is 0.310. The van der Waals surface area contributed by atoms with Crippen LogP contribution in [0.3, 0.4) is 0 Å². The lowest BCUT2D eigenvalue weighted by Gasteiger charge is -2.39. The highest BCUT2D eigenvalue weighted by atomic mass is 79.9. The van der Waals surface area contributed by atoms with Gasteiger partial charge in [0.25, 0.3) is 10.2 Å². The first-order valence-electron chi connectivity index (χ1n) is 5.73. The summed E-state index contributed by atoms with van der Waals surface area (Å²) in [5.74, 6) is 0. The molecule has 102 valence electrons. The third-order valence-corrected chi connectivity index (χ3v) is 5.98. The summed E-state index contributed by atoms with van der Waals surface area (Å²) < 4.78 is 33.2. The highest BCUT2D eigenvalue weighted by Crippen LogP contribution is 2.20. The van der Waals surface area contributed by atoms with Crippen LogP contribution >= 0.6 is 15.9 Å². The molecule has 1 saturated heterocycles. The van der Waals surface area contributed by atoms with Crippen molar-refractivity contribution in [3.63, 3.8) is 0 Å². The molecule has 0 N–H and O–H groups in total. The maximum absolute atomic E-state index is 12.4. The summed E-state index contributed by atoms with van der Waals surface area (Å²) in [6, 6.07) is -0.158. The van der Waals surface area contributed by atoms with Gasteiger partial charge in [-0.3, -0.25) is 0 Å². The predicted octanol–water partition coefficient (Wildman–Crippen LogP) is 1.06. The SMILES string of the molecule is CC(C)N(C)S(=O)(=O)N1CC(CBr)OCC1C. The minimum absolute atomic E-state index is 0.0440. The molecule has 1 heterocycles. The Labute approximate surface area is 112 Å². The average Bonchev–Trinajstić information content (AvgIpc) is 2.28. The van der Waals surface area contributed by atoms with Crippen LogP contribution in [-0.4, -0.2) is 60.7 Å². The Bertz CT molecular complexity index is 347. The molecule has 0 radical (unpaired) electrons. The zero-order chi connectivity index (χ0) is 13.2. The lowest BCUT2D eigenvalue weighted by atomic mass is 10.2. The van der Waals surface area contributed by atoms with E-state index in [1.165, 1.54) is 8.61 Å². The van der Waals surface area contributed by atoms with E-state index in [1.807, 2.05) is 20.8 Å². The standard InChI is InChI=1S/C10H21BrN2O3S/c1-8(2)12(4)17(14,15)13-6-10(5-11)16-7-9(13)3/h8-10H,5-7H2,1-4H3. The van der Waals surface area contributed by atoms with Crippen LogP contribution in [-0.2, 0) is 14.9 Å². The van der Waals surface area contributed by atoms with E-state index in [-0.39, 0.29) is 18.2 Å². The minimum atomic E-state index is -3.39. The van der Waals surface area contributed by atoms with Gasteiger partial charge in [0.15, 0.2) is 0 Å². The van der Waals surface area contributed by atoms with E-state index in [0.29, 0.717) is 18.5 Å². The first kappa shape index (κ1) is 15.4. The van der Waals surface area contributed by atoms with Gasteiger partial charge in [0.1, 0.15) is 0 Å². The van der Waals surface area contributed by atoms with E-state index in [2.05, 4.69) is 15.9 Å². The van der Waals surface area contributed by atoms with Gasteiger partial charge in [-0.2, -0.15) is 17.0 Å². The van der Waals surface area contributed by atoms with Gasteiger partial charge in [0.2, 0.25) is 0 Å². The molecule has 5 nitrogen and oxygen atoms in total. The van der Waals surface area contributed by atoms with E-state index in [0.717, 1.165) is 0 Å². The summed E-state index contributed by atoms with van der Waals surface area (Å²) in [5, 5.41) is 0.650. The molecule has 2 unspecified atom stereocenters. The monoisotopic (exact) mass is 328 g/mol. The molecule has 1 fully saturated rings. The van der Waals surface area contributed by atoms with E-state index in [4.69, 9.17) is 4.74 Å². The van der Waals surface area contributed by atoms with Crippen molar-refractivity contribution in [3.8, 4) is 0 Å². The van der Waals surface area contributed by atoms with Crippen molar-refractivity contribution in [1.82, 2.24) is 8.61 Å². The number of halogens is 1. The van der Waals surface area contributed by atoms with Crippen molar-refractivity contribution in [1.29, 1.82) is 0 Å². The molecule has 0 bridgehead atoms. The van der Waals surface area contributed by atoms with Crippen LogP contribution in [0.2, 0.25) is 0 Å². The fourth-order valence-electron chi connectivity index (χ4n) is 1.64. The molecule has 2 atom stereocenters. The number of alkyl halides is 1. The number of rotatable bonds is 4. The number of hydrogen-bond acceptors (Lipinski definition) is 3. The number of ether oxygens (including phenoxy) is 1. The summed E-state index contributed by atoms with van der Waals surface area (Å²) >= 11 is 3.33. The van der Waals surface area contributed by atoms with Gasteiger partial charge in [0, 0.05) is 31.0 Å². The van der Waals surface area contributed by atoms with E-state index in [9.17, 15) is 8.42 Å². The molecule has 0 saturated carbocycles. The molecule has 0 spiro atoms. The quantitative estimate of drug-likeness (QED) is 0.725. The van der Waals surface area contributed by atoms with Crippen molar-refractivity contribution in [3.05, 3.63) is 0 Å². The summed E-state index contributed by atoms with van der Waals surface area (Å²) in [6.45, 7) is 6.46. The van der Waals surface area contributed by atoms with Gasteiger partial charge < -0.3 is 4.74 Å². The van der Waals surface area contributed by atoms with E-state index >= 15 is 0 Å². The molecule has 0 aromatic carbocycles. The van der Waals surface area contributed by atoms with Gasteiger partial charge in [-0.05, 0) is 20.8 Å². The third kappa shape index (κ3) is 3.41. The van der Waals surface area contributed by atoms with Gasteiger partial charge in [-0.15, -0.1) is 0 Å². The van der Waals surface area contributed by atoms with Crippen LogP contribution in [0, 0.1) is 0 Å². The Balaban J connectivity index is 2.88. The second kappa shape index (κ2) is 5.97. The topological polar surface area (TPSA) is 49.9 Å². The molecule has 7 heteroatoms. The summed E-state index contributed by atoms with van der Waals surface area (Å²) in [6.07, 6.45) is -0.0680. The fraction of sp³-hybridized carbons (Fsp3) is 1.00. The van der Waals surface area contributed by atoms with Crippen molar-refractivity contribution in [2.24, 2.45) is 0 Å². The van der Waals surface area contributed by atoms with Crippen molar-refractivity contribution in [2.75, 3.05) is 25.5 Å². The molecule has 0 aliphatic carbocycles. The van der Waals surface area contributed by atoms with Crippen LogP contribution in [0.25, 0.3) is 0 Å². The molecule has 17 heavy (non-hydrogen) atoms. The van der Waals surface area contributed by atoms with Crippen molar-refractivity contribution in [2.45, 2.75) is 39.0 Å². The van der Waals surface area contributed by atoms with Crippen LogP contribution in [0.5, 0.6) is 0 Å². The number of hydrogen-bond donors (Lipinski definition) is 0. The summed E-state index contributed by atoms with van der Waals surface area (Å²) in [5.41, 5.74) is 0. The van der Waals surface area contributed by atoms with Gasteiger partial charge in [-0.25, -0.2) is 0 Å². The number of nitrogens with zero attached hydrogens (tertiary/aromatic N) is 2. The average molecular weight is 329 g/mol. The second-order valence-electron chi connectivity index (χ2n) is 4.65. The predicted molar refractivity (Wildman–Crippen MR) is 71.5 cm³/mol. The molecular weight excluding hydrogens is 308 g/mol. The van der Waals surface area contributed by atoms with E-state index < -0.39 is 10.2 Å². The Morgan fingerprint density at radius 1 is 1.53 bits per heavy atom. The molecule has 0 aromatic rings. The largest absolute Gasteiger partial charge is 0.374 e. The maximum atomic E-state index is 12.4. The lowest BCUT2D eigenvalue weighted by molar-refractivity contribution is -0.0160. The first-order valence-corrected chi connectivity index (χ1v) is 8.25. The fourth-order valence-corrected chi connectivity index (χ4v) is 3.76. The molecule has 1 aliphatic heterocycles. The van der Waals surface area contributed by atoms with Gasteiger partial charge in [-0.1, -0.05) is 15.9 Å². The van der Waals surface area contributed by atoms with Gasteiger partial charge in [0.05, 0.1) is 12.7 Å². The highest BCUT2D eigenvalue weighted by molar-refractivity contribution is 9.09. The molecule has 0 aromatic heterocycles. The third-order valence-electron chi connectivity index (χ3n) is 3.01. The van der Waals surface area contributed by atoms with Crippen LogP contribution in [0.1, 0.15) is 20.8 Å². The smallest absolute Gasteiger partial charge is 0.282 e. The van der Waals surface area contributed by atoms with Crippen LogP contribution in [0.4, 0.5) is 0 Å². The number of morpholine rings is 1. The Morgan fingerprint density at radius 3 is 2.59 bits per heavy atom. The lowest BCUT2D eigenvalue weighted by Crippen LogP contribution is -2.56. The first-order chi connectivity index (χ1) is 7.80. The maximum Gasteiger partial charge on any atom is 0.282 e. The zero-order valence-corrected chi connectivity index (χ0v) is 13.2. The Morgan fingerprint density at radius 2 is 2.12 bits per heavy atom. The van der Waals surface area contributed by atoms with Crippen LogP contribution in [0.15, 0.2) is 0 Å². The zero-order valence-electron chi connectivity index (χ0n) is 10.8. The Kier molecular flexibility index (Phi) is 5.39. The molecular formula is C10H21BrN2O3S. The normalized spacial score (nSPS) is 27.9. The summed E-state index contributed by atoms with van der Waals surface area (Å²) in [7, 11) is -1.77. The van der Waals surface area contributed by atoms with E-state index in [1.54, 1.807) is 7.05 Å². The van der Waals surface area contributed by atoms with Gasteiger partial charge >= 0.3 is 0 Å². The minimum Gasteiger partial charge on any atom is -0.374 e. The highest BCUT2D eigenvalue weighted by Gasteiger charge is 2.37. The summed E-state index contributed by atoms with van der Waals surface area (Å²) in [4.78, 5) is 0. The molecule has 1 rings (SSSR count). The second-order valence-corrected chi connectivity index (χ2v) is 7.23. The van der Waals surface area contributed by atoms with Crippen molar-refractivity contribution < 1.29 is 13.2 Å².